The van der Waals surface area contributed by atoms with Crippen molar-refractivity contribution in [1.82, 2.24) is 10.1 Å². The van der Waals surface area contributed by atoms with Crippen molar-refractivity contribution in [1.29, 1.82) is 0 Å². The summed E-state index contributed by atoms with van der Waals surface area (Å²) in [5, 5.41) is 3.91. The quantitative estimate of drug-likeness (QED) is 0.551. The topological polar surface area (TPSA) is 65.2 Å². The van der Waals surface area contributed by atoms with Crippen LogP contribution in [0.3, 0.4) is 0 Å². The second kappa shape index (κ2) is 7.41. The van der Waals surface area contributed by atoms with Crippen LogP contribution in [0.1, 0.15) is 42.6 Å². The van der Waals surface area contributed by atoms with Gasteiger partial charge in [-0.3, -0.25) is 0 Å². The Bertz CT molecular complexity index is 894. The molecule has 0 N–H and O–H groups in total. The summed E-state index contributed by atoms with van der Waals surface area (Å²) in [4.78, 5) is 16.4. The van der Waals surface area contributed by atoms with Crippen LogP contribution in [0.4, 0.5) is 0 Å². The van der Waals surface area contributed by atoms with E-state index in [4.69, 9.17) is 9.26 Å². The Kier molecular flexibility index (Phi) is 5.23. The van der Waals surface area contributed by atoms with Gasteiger partial charge in [-0.1, -0.05) is 54.0 Å². The van der Waals surface area contributed by atoms with E-state index in [0.29, 0.717) is 11.4 Å². The Labute approximate surface area is 160 Å². The molecular formula is C20H19BrN2O3. The number of nitrogens with zero attached hydrogens (tertiary/aromatic N) is 2. The molecule has 1 aromatic heterocycles. The summed E-state index contributed by atoms with van der Waals surface area (Å²) < 4.78 is 11.4. The predicted octanol–water partition coefficient (Wildman–Crippen LogP) is 5.15. The Balaban J connectivity index is 1.62. The molecule has 0 saturated heterocycles. The summed E-state index contributed by atoms with van der Waals surface area (Å²) in [5.74, 6) is 0.287. The van der Waals surface area contributed by atoms with Gasteiger partial charge in [0, 0.05) is 10.0 Å². The Hall–Kier alpha value is -2.47. The number of hydrogen-bond acceptors (Lipinski definition) is 5. The number of carbonyl (C=O) groups excluding carboxylic acids is 1. The van der Waals surface area contributed by atoms with Crippen LogP contribution in [-0.2, 0) is 16.8 Å². The largest absolute Gasteiger partial charge is 0.452 e. The molecule has 0 aliphatic carbocycles. The fourth-order valence-electron chi connectivity index (χ4n) is 2.35. The lowest BCUT2D eigenvalue weighted by Gasteiger charge is -2.18. The lowest BCUT2D eigenvalue weighted by Crippen LogP contribution is -2.12. The maximum absolute atomic E-state index is 12.2. The highest BCUT2D eigenvalue weighted by Gasteiger charge is 2.16. The van der Waals surface area contributed by atoms with Crippen LogP contribution >= 0.6 is 15.9 Å². The van der Waals surface area contributed by atoms with Crippen LogP contribution in [0.25, 0.3) is 11.4 Å². The van der Waals surface area contributed by atoms with Crippen molar-refractivity contribution in [2.75, 3.05) is 0 Å². The minimum Gasteiger partial charge on any atom is -0.452 e. The third-order valence-corrected chi connectivity index (χ3v) is 4.41. The van der Waals surface area contributed by atoms with Crippen molar-refractivity contribution in [3.05, 3.63) is 70.0 Å². The zero-order chi connectivity index (χ0) is 18.7. The van der Waals surface area contributed by atoms with E-state index in [1.54, 1.807) is 12.1 Å². The van der Waals surface area contributed by atoms with Crippen molar-refractivity contribution < 1.29 is 14.1 Å². The summed E-state index contributed by atoms with van der Waals surface area (Å²) >= 11 is 3.38. The Morgan fingerprint density at radius 1 is 1.08 bits per heavy atom. The first-order valence-corrected chi connectivity index (χ1v) is 8.98. The molecule has 0 unspecified atom stereocenters. The minimum atomic E-state index is -0.422. The molecule has 0 atom stereocenters. The van der Waals surface area contributed by atoms with E-state index in [-0.39, 0.29) is 17.9 Å². The molecule has 0 aliphatic heterocycles. The normalized spacial score (nSPS) is 11.4. The van der Waals surface area contributed by atoms with Crippen LogP contribution in [0.2, 0.25) is 0 Å². The average Bonchev–Trinajstić information content (AvgIpc) is 3.08. The summed E-state index contributed by atoms with van der Waals surface area (Å²) in [5.41, 5.74) is 2.51. The number of esters is 1. The number of ether oxygens (including phenoxy) is 1. The van der Waals surface area contributed by atoms with Gasteiger partial charge in [-0.15, -0.1) is 0 Å². The lowest BCUT2D eigenvalue weighted by molar-refractivity contribution is 0.0430. The molecule has 134 valence electrons. The van der Waals surface area contributed by atoms with Crippen LogP contribution in [0.5, 0.6) is 0 Å². The molecule has 0 saturated carbocycles. The van der Waals surface area contributed by atoms with E-state index in [0.717, 1.165) is 15.6 Å². The minimum absolute atomic E-state index is 0.0373. The second-order valence-electron chi connectivity index (χ2n) is 6.92. The molecule has 0 radical (unpaired) electrons. The molecule has 0 spiro atoms. The third-order valence-electron chi connectivity index (χ3n) is 3.88. The number of carbonyl (C=O) groups is 1. The van der Waals surface area contributed by atoms with Crippen LogP contribution in [0, 0.1) is 0 Å². The van der Waals surface area contributed by atoms with E-state index >= 15 is 0 Å². The van der Waals surface area contributed by atoms with E-state index < -0.39 is 5.97 Å². The van der Waals surface area contributed by atoms with Crippen molar-refractivity contribution in [2.24, 2.45) is 0 Å². The average molecular weight is 415 g/mol. The van der Waals surface area contributed by atoms with Gasteiger partial charge in [-0.25, -0.2) is 4.79 Å². The highest BCUT2D eigenvalue weighted by Crippen LogP contribution is 2.23. The van der Waals surface area contributed by atoms with Gasteiger partial charge >= 0.3 is 5.97 Å². The van der Waals surface area contributed by atoms with E-state index in [9.17, 15) is 4.79 Å². The molecule has 0 amide bonds. The summed E-state index contributed by atoms with van der Waals surface area (Å²) in [6.45, 7) is 6.31. The third kappa shape index (κ3) is 4.38. The molecule has 3 aromatic rings. The van der Waals surface area contributed by atoms with E-state index in [1.807, 2.05) is 36.4 Å². The number of halogens is 1. The highest BCUT2D eigenvalue weighted by atomic mass is 79.9. The SMILES string of the molecule is CC(C)(C)c1ccc(C(=O)OCc2nc(-c3ccc(Br)cc3)no2)cc1. The monoisotopic (exact) mass is 414 g/mol. The summed E-state index contributed by atoms with van der Waals surface area (Å²) in [6.07, 6.45) is 0. The zero-order valence-electron chi connectivity index (χ0n) is 14.8. The molecule has 0 bridgehead atoms. The first kappa shape index (κ1) is 18.3. The van der Waals surface area contributed by atoms with Crippen molar-refractivity contribution >= 4 is 21.9 Å². The number of aromatic nitrogens is 2. The van der Waals surface area contributed by atoms with Gasteiger partial charge in [0.2, 0.25) is 5.82 Å². The first-order valence-electron chi connectivity index (χ1n) is 8.19. The maximum atomic E-state index is 12.2. The summed E-state index contributed by atoms with van der Waals surface area (Å²) in [6, 6.07) is 15.0. The molecule has 0 aliphatic rings. The fourth-order valence-corrected chi connectivity index (χ4v) is 2.61. The zero-order valence-corrected chi connectivity index (χ0v) is 16.4. The number of hydrogen-bond donors (Lipinski definition) is 0. The van der Waals surface area contributed by atoms with Crippen LogP contribution < -0.4 is 0 Å². The predicted molar refractivity (Wildman–Crippen MR) is 102 cm³/mol. The maximum Gasteiger partial charge on any atom is 0.338 e. The van der Waals surface area contributed by atoms with Gasteiger partial charge in [-0.2, -0.15) is 4.98 Å². The molecule has 3 rings (SSSR count). The molecule has 2 aromatic carbocycles. The molecular weight excluding hydrogens is 396 g/mol. The van der Waals surface area contributed by atoms with Crippen molar-refractivity contribution in [3.8, 4) is 11.4 Å². The van der Waals surface area contributed by atoms with Gasteiger partial charge in [0.25, 0.3) is 5.89 Å². The van der Waals surface area contributed by atoms with Crippen molar-refractivity contribution in [3.63, 3.8) is 0 Å². The van der Waals surface area contributed by atoms with Gasteiger partial charge in [0.1, 0.15) is 0 Å². The first-order chi connectivity index (χ1) is 12.3. The molecule has 26 heavy (non-hydrogen) atoms. The van der Waals surface area contributed by atoms with E-state index in [2.05, 4.69) is 46.8 Å². The van der Waals surface area contributed by atoms with Gasteiger partial charge < -0.3 is 9.26 Å². The fraction of sp³-hybridized carbons (Fsp3) is 0.250. The Morgan fingerprint density at radius 3 is 2.35 bits per heavy atom. The van der Waals surface area contributed by atoms with E-state index in [1.165, 1.54) is 0 Å². The lowest BCUT2D eigenvalue weighted by atomic mass is 9.87. The number of benzene rings is 2. The Morgan fingerprint density at radius 2 is 1.73 bits per heavy atom. The molecule has 0 fully saturated rings. The van der Waals surface area contributed by atoms with Crippen molar-refractivity contribution in [2.45, 2.75) is 32.8 Å². The van der Waals surface area contributed by atoms with Crippen LogP contribution in [0.15, 0.2) is 57.5 Å². The highest BCUT2D eigenvalue weighted by molar-refractivity contribution is 9.10. The van der Waals surface area contributed by atoms with Gasteiger partial charge in [0.15, 0.2) is 6.61 Å². The summed E-state index contributed by atoms with van der Waals surface area (Å²) in [7, 11) is 0. The van der Waals surface area contributed by atoms with Gasteiger partial charge in [0.05, 0.1) is 5.56 Å². The molecule has 5 nitrogen and oxygen atoms in total. The smallest absolute Gasteiger partial charge is 0.338 e. The second-order valence-corrected chi connectivity index (χ2v) is 7.84. The molecule has 1 heterocycles. The van der Waals surface area contributed by atoms with Crippen LogP contribution in [-0.4, -0.2) is 16.1 Å². The number of rotatable bonds is 4. The standard InChI is InChI=1S/C20H19BrN2O3/c1-20(2,3)15-8-4-14(5-9-15)19(24)25-12-17-22-18(23-26-17)13-6-10-16(21)11-7-13/h4-11H,12H2,1-3H3. The van der Waals surface area contributed by atoms with Gasteiger partial charge in [-0.05, 0) is 47.4 Å². The molecule has 6 heteroatoms.